The molecule has 0 bridgehead atoms. The van der Waals surface area contributed by atoms with Gasteiger partial charge in [-0.05, 0) is 35.9 Å². The van der Waals surface area contributed by atoms with Crippen molar-refractivity contribution in [2.75, 3.05) is 10.7 Å². The lowest BCUT2D eigenvalue weighted by atomic mass is 10.2. The van der Waals surface area contributed by atoms with Gasteiger partial charge >= 0.3 is 0 Å². The van der Waals surface area contributed by atoms with E-state index < -0.39 is 21.5 Å². The molecule has 6 nitrogen and oxygen atoms in total. The number of nitrogens with zero attached hydrogens (tertiary/aromatic N) is 3. The molecule has 0 saturated heterocycles. The summed E-state index contributed by atoms with van der Waals surface area (Å²) in [5, 5.41) is 0.971. The number of hydrogen-bond donors (Lipinski definition) is 0. The fourth-order valence-electron chi connectivity index (χ4n) is 3.06. The van der Waals surface area contributed by atoms with Crippen molar-refractivity contribution in [1.82, 2.24) is 9.97 Å². The highest BCUT2D eigenvalue weighted by molar-refractivity contribution is 7.91. The number of benzene rings is 2. The molecular weight excluding hydrogens is 454 g/mol. The fourth-order valence-corrected chi connectivity index (χ4v) is 5.66. The number of pyridine rings is 1. The van der Waals surface area contributed by atoms with Crippen molar-refractivity contribution in [2.24, 2.45) is 0 Å². The van der Waals surface area contributed by atoms with Crippen molar-refractivity contribution < 1.29 is 13.2 Å². The number of anilines is 1. The molecule has 4 rings (SSSR count). The minimum atomic E-state index is -3.67. The van der Waals surface area contributed by atoms with E-state index in [0.29, 0.717) is 26.9 Å². The van der Waals surface area contributed by atoms with E-state index in [9.17, 15) is 13.2 Å². The average molecular weight is 472 g/mol. The molecule has 2 aromatic heterocycles. The second kappa shape index (κ2) is 9.13. The number of rotatable bonds is 7. The molecule has 9 heteroatoms. The van der Waals surface area contributed by atoms with Gasteiger partial charge in [0.15, 0.2) is 15.0 Å². The zero-order valence-electron chi connectivity index (χ0n) is 16.3. The molecule has 0 spiro atoms. The Bertz CT molecular complexity index is 1310. The van der Waals surface area contributed by atoms with Crippen LogP contribution in [0.25, 0.3) is 10.2 Å². The van der Waals surface area contributed by atoms with Crippen molar-refractivity contribution in [3.8, 4) is 0 Å². The predicted molar refractivity (Wildman–Crippen MR) is 124 cm³/mol. The second-order valence-corrected chi connectivity index (χ2v) is 10.4. The van der Waals surface area contributed by atoms with E-state index in [-0.39, 0.29) is 12.3 Å². The smallest absolute Gasteiger partial charge is 0.244 e. The van der Waals surface area contributed by atoms with Gasteiger partial charge in [0.2, 0.25) is 5.91 Å². The third-order valence-electron chi connectivity index (χ3n) is 4.49. The van der Waals surface area contributed by atoms with Crippen LogP contribution in [0.3, 0.4) is 0 Å². The molecule has 0 N–H and O–H groups in total. The molecule has 0 aliphatic heterocycles. The Morgan fingerprint density at radius 1 is 1.03 bits per heavy atom. The van der Waals surface area contributed by atoms with Crippen molar-refractivity contribution in [3.63, 3.8) is 0 Å². The third-order valence-corrected chi connectivity index (χ3v) is 7.23. The Morgan fingerprint density at radius 3 is 2.55 bits per heavy atom. The first-order chi connectivity index (χ1) is 14.9. The van der Waals surface area contributed by atoms with Crippen LogP contribution in [0.4, 0.5) is 5.13 Å². The molecule has 158 valence electrons. The van der Waals surface area contributed by atoms with Crippen LogP contribution >= 0.6 is 22.9 Å². The fraction of sp³-hybridized carbons (Fsp3) is 0.136. The second-order valence-electron chi connectivity index (χ2n) is 6.93. The number of hydrogen-bond acceptors (Lipinski definition) is 6. The summed E-state index contributed by atoms with van der Waals surface area (Å²) in [5.74, 6) is -1.37. The molecule has 0 saturated carbocycles. The van der Waals surface area contributed by atoms with Crippen LogP contribution in [0, 0.1) is 0 Å². The summed E-state index contributed by atoms with van der Waals surface area (Å²) in [5.41, 5.74) is 1.96. The van der Waals surface area contributed by atoms with Gasteiger partial charge in [0.05, 0.1) is 28.2 Å². The molecule has 0 atom stereocenters. The summed E-state index contributed by atoms with van der Waals surface area (Å²) in [7, 11) is -3.67. The van der Waals surface area contributed by atoms with E-state index in [1.54, 1.807) is 60.8 Å². The van der Waals surface area contributed by atoms with Crippen LogP contribution < -0.4 is 4.90 Å². The number of thiazole rings is 1. The SMILES string of the molecule is O=C(CS(=O)(=O)Cc1ccccc1)N(Cc1ccccn1)c1nc2ccc(Cl)cc2s1. The highest BCUT2D eigenvalue weighted by atomic mass is 35.5. The van der Waals surface area contributed by atoms with E-state index >= 15 is 0 Å². The van der Waals surface area contributed by atoms with E-state index in [1.807, 2.05) is 12.1 Å². The summed E-state index contributed by atoms with van der Waals surface area (Å²) in [6.07, 6.45) is 1.63. The first-order valence-corrected chi connectivity index (χ1v) is 12.4. The summed E-state index contributed by atoms with van der Waals surface area (Å²) in [4.78, 5) is 23.3. The van der Waals surface area contributed by atoms with Crippen molar-refractivity contribution in [3.05, 3.63) is 89.2 Å². The number of sulfone groups is 1. The summed E-state index contributed by atoms with van der Waals surface area (Å²) >= 11 is 7.36. The Kier molecular flexibility index (Phi) is 6.31. The molecular formula is C22H18ClN3O3S2. The first-order valence-electron chi connectivity index (χ1n) is 9.40. The topological polar surface area (TPSA) is 80.2 Å². The van der Waals surface area contributed by atoms with Gasteiger partial charge < -0.3 is 0 Å². The number of amides is 1. The maximum atomic E-state index is 13.2. The number of halogens is 1. The summed E-state index contributed by atoms with van der Waals surface area (Å²) < 4.78 is 26.2. The quantitative estimate of drug-likeness (QED) is 0.396. The van der Waals surface area contributed by atoms with Gasteiger partial charge in [-0.2, -0.15) is 0 Å². The molecule has 0 unspecified atom stereocenters. The highest BCUT2D eigenvalue weighted by Crippen LogP contribution is 2.31. The monoisotopic (exact) mass is 471 g/mol. The van der Waals surface area contributed by atoms with Crippen molar-refractivity contribution >= 4 is 54.0 Å². The van der Waals surface area contributed by atoms with Crippen LogP contribution in [0.15, 0.2) is 72.9 Å². The summed E-state index contributed by atoms with van der Waals surface area (Å²) in [6.45, 7) is 0.119. The lowest BCUT2D eigenvalue weighted by Crippen LogP contribution is -2.36. The minimum Gasteiger partial charge on any atom is -0.281 e. The Hall–Kier alpha value is -2.81. The third kappa shape index (κ3) is 5.46. The standard InChI is InChI=1S/C22H18ClN3O3S2/c23-17-9-10-19-20(12-17)30-22(25-19)26(13-18-8-4-5-11-24-18)21(27)15-31(28,29)14-16-6-2-1-3-7-16/h1-12H,13-15H2. The van der Waals surface area contributed by atoms with Gasteiger partial charge in [0.1, 0.15) is 5.75 Å². The molecule has 2 heterocycles. The molecule has 31 heavy (non-hydrogen) atoms. The van der Waals surface area contributed by atoms with E-state index in [2.05, 4.69) is 9.97 Å². The Balaban J connectivity index is 1.63. The summed E-state index contributed by atoms with van der Waals surface area (Å²) in [6, 6.07) is 19.4. The maximum absolute atomic E-state index is 13.2. The minimum absolute atomic E-state index is 0.119. The molecule has 1 amide bonds. The van der Waals surface area contributed by atoms with E-state index in [1.165, 1.54) is 16.2 Å². The zero-order chi connectivity index (χ0) is 21.8. The van der Waals surface area contributed by atoms with Crippen LogP contribution in [0.2, 0.25) is 5.02 Å². The number of carbonyl (C=O) groups excluding carboxylic acids is 1. The zero-order valence-corrected chi connectivity index (χ0v) is 18.7. The molecule has 2 aromatic carbocycles. The van der Waals surface area contributed by atoms with Crippen LogP contribution in [-0.2, 0) is 26.9 Å². The van der Waals surface area contributed by atoms with E-state index in [0.717, 1.165) is 4.70 Å². The molecule has 0 aliphatic carbocycles. The number of carbonyl (C=O) groups is 1. The van der Waals surface area contributed by atoms with E-state index in [4.69, 9.17) is 11.6 Å². The number of aromatic nitrogens is 2. The normalized spacial score (nSPS) is 11.5. The van der Waals surface area contributed by atoms with Crippen LogP contribution in [0.5, 0.6) is 0 Å². The molecule has 0 fully saturated rings. The van der Waals surface area contributed by atoms with Crippen LogP contribution in [0.1, 0.15) is 11.3 Å². The lowest BCUT2D eigenvalue weighted by Gasteiger charge is -2.19. The maximum Gasteiger partial charge on any atom is 0.244 e. The van der Waals surface area contributed by atoms with Crippen LogP contribution in [-0.4, -0.2) is 30.0 Å². The van der Waals surface area contributed by atoms with Gasteiger partial charge in [0.25, 0.3) is 0 Å². The van der Waals surface area contributed by atoms with Crippen molar-refractivity contribution in [1.29, 1.82) is 0 Å². The van der Waals surface area contributed by atoms with Gasteiger partial charge in [-0.15, -0.1) is 0 Å². The van der Waals surface area contributed by atoms with Gasteiger partial charge in [-0.25, -0.2) is 13.4 Å². The molecule has 4 aromatic rings. The molecule has 0 aliphatic rings. The Labute approximate surface area is 189 Å². The Morgan fingerprint density at radius 2 is 1.81 bits per heavy atom. The predicted octanol–water partition coefficient (Wildman–Crippen LogP) is 4.49. The number of fused-ring (bicyclic) bond motifs is 1. The lowest BCUT2D eigenvalue weighted by molar-refractivity contribution is -0.116. The average Bonchev–Trinajstić information content (AvgIpc) is 3.15. The van der Waals surface area contributed by atoms with Crippen molar-refractivity contribution in [2.45, 2.75) is 12.3 Å². The van der Waals surface area contributed by atoms with Gasteiger partial charge in [-0.1, -0.05) is 59.3 Å². The van der Waals surface area contributed by atoms with Gasteiger partial charge in [0, 0.05) is 11.2 Å². The van der Waals surface area contributed by atoms with Gasteiger partial charge in [-0.3, -0.25) is 14.7 Å². The largest absolute Gasteiger partial charge is 0.281 e. The highest BCUT2D eigenvalue weighted by Gasteiger charge is 2.26. The molecule has 0 radical (unpaired) electrons. The first kappa shape index (κ1) is 21.4.